The van der Waals surface area contributed by atoms with Crippen LogP contribution in [0.15, 0.2) is 24.8 Å². The van der Waals surface area contributed by atoms with E-state index in [-0.39, 0.29) is 0 Å². The molecule has 0 heteroatoms. The van der Waals surface area contributed by atoms with Crippen LogP contribution in [0.2, 0.25) is 0 Å². The second kappa shape index (κ2) is 4.76. The van der Waals surface area contributed by atoms with Gasteiger partial charge in [-0.2, -0.15) is 0 Å². The van der Waals surface area contributed by atoms with E-state index >= 15 is 0 Å². The molecular weight excluding hydrogens is 144 g/mol. The van der Waals surface area contributed by atoms with Crippen molar-refractivity contribution >= 4 is 6.08 Å². The summed E-state index contributed by atoms with van der Waals surface area (Å²) in [5, 5.41) is 0. The quantitative estimate of drug-likeness (QED) is 0.631. The molecule has 1 radical (unpaired) electrons. The molecule has 0 atom stereocenters. The fourth-order valence-corrected chi connectivity index (χ4v) is 1.19. The van der Waals surface area contributed by atoms with E-state index in [0.29, 0.717) is 0 Å². The van der Waals surface area contributed by atoms with Crippen LogP contribution >= 0.6 is 0 Å². The fraction of sp³-hybridized carbons (Fsp3) is 0.333. The third-order valence-electron chi connectivity index (χ3n) is 1.93. The third-order valence-corrected chi connectivity index (χ3v) is 1.93. The zero-order chi connectivity index (χ0) is 8.81. The molecule has 0 saturated carbocycles. The lowest BCUT2D eigenvalue weighted by Gasteiger charge is -2.00. The number of hydrogen-bond donors (Lipinski definition) is 0. The highest BCUT2D eigenvalue weighted by atomic mass is 14.0. The smallest absolute Gasteiger partial charge is 0.0175 e. The Kier molecular flexibility index (Phi) is 3.59. The minimum Gasteiger partial charge on any atom is -0.0985 e. The Bertz CT molecular complexity index is 248. The average Bonchev–Trinajstić information content (AvgIpc) is 2.15. The first-order valence-corrected chi connectivity index (χ1v) is 4.49. The van der Waals surface area contributed by atoms with Gasteiger partial charge >= 0.3 is 0 Å². The molecule has 0 saturated heterocycles. The topological polar surface area (TPSA) is 0 Å². The Balaban J connectivity index is 2.66. The molecule has 63 valence electrons. The summed E-state index contributed by atoms with van der Waals surface area (Å²) in [6.45, 7) is 5.94. The molecule has 0 N–H and O–H groups in total. The second-order valence-corrected chi connectivity index (χ2v) is 2.98. The maximum absolute atomic E-state index is 3.73. The van der Waals surface area contributed by atoms with E-state index in [4.69, 9.17) is 0 Å². The summed E-state index contributed by atoms with van der Waals surface area (Å²) < 4.78 is 0. The highest BCUT2D eigenvalue weighted by Crippen LogP contribution is 2.08. The van der Waals surface area contributed by atoms with Gasteiger partial charge in [-0.1, -0.05) is 38.1 Å². The summed E-state index contributed by atoms with van der Waals surface area (Å²) in [5.74, 6) is 0. The molecule has 0 aromatic heterocycles. The molecule has 0 unspecified atom stereocenters. The van der Waals surface area contributed by atoms with E-state index in [9.17, 15) is 0 Å². The second-order valence-electron chi connectivity index (χ2n) is 2.98. The molecule has 0 nitrogen and oxygen atoms in total. The lowest BCUT2D eigenvalue weighted by atomic mass is 10.1. The van der Waals surface area contributed by atoms with Gasteiger partial charge in [-0.05, 0) is 36.1 Å². The fourth-order valence-electron chi connectivity index (χ4n) is 1.19. The van der Waals surface area contributed by atoms with Crippen molar-refractivity contribution in [2.45, 2.75) is 26.2 Å². The lowest BCUT2D eigenvalue weighted by molar-refractivity contribution is 0.795. The van der Waals surface area contributed by atoms with E-state index in [2.05, 4.69) is 31.7 Å². The third kappa shape index (κ3) is 2.54. The first kappa shape index (κ1) is 9.05. The molecule has 12 heavy (non-hydrogen) atoms. The summed E-state index contributed by atoms with van der Waals surface area (Å²) in [7, 11) is 0. The van der Waals surface area contributed by atoms with E-state index in [1.54, 1.807) is 0 Å². The van der Waals surface area contributed by atoms with Crippen LogP contribution in [0.3, 0.4) is 0 Å². The van der Waals surface area contributed by atoms with Crippen molar-refractivity contribution < 1.29 is 0 Å². The van der Waals surface area contributed by atoms with Gasteiger partial charge in [-0.25, -0.2) is 0 Å². The first-order chi connectivity index (χ1) is 5.86. The lowest BCUT2D eigenvalue weighted by Crippen LogP contribution is -1.84. The predicted octanol–water partition coefficient (Wildman–Crippen LogP) is 3.47. The van der Waals surface area contributed by atoms with E-state index in [1.807, 2.05) is 12.1 Å². The zero-order valence-electron chi connectivity index (χ0n) is 7.64. The SMILES string of the molecule is C=Cc1c[c]cc(CCCC)c1. The molecule has 0 heterocycles. The Hall–Kier alpha value is -1.04. The van der Waals surface area contributed by atoms with Crippen LogP contribution in [0.25, 0.3) is 6.08 Å². The molecule has 0 bridgehead atoms. The van der Waals surface area contributed by atoms with Crippen LogP contribution in [-0.4, -0.2) is 0 Å². The minimum atomic E-state index is 1.16. The van der Waals surface area contributed by atoms with Gasteiger partial charge in [0.05, 0.1) is 0 Å². The molecule has 0 aliphatic heterocycles. The molecule has 0 fully saturated rings. The number of aryl methyl sites for hydroxylation is 1. The van der Waals surface area contributed by atoms with Crippen molar-refractivity contribution in [3.63, 3.8) is 0 Å². The standard InChI is InChI=1S/C12H15/c1-3-5-7-12-9-6-8-11(4-2)10-12/h4,8-10H,2-3,5,7H2,1H3. The van der Waals surface area contributed by atoms with Crippen molar-refractivity contribution in [3.8, 4) is 0 Å². The van der Waals surface area contributed by atoms with Gasteiger partial charge in [0.15, 0.2) is 0 Å². The molecule has 1 aromatic rings. The van der Waals surface area contributed by atoms with Gasteiger partial charge in [0.2, 0.25) is 0 Å². The van der Waals surface area contributed by atoms with Crippen LogP contribution in [0.5, 0.6) is 0 Å². The van der Waals surface area contributed by atoms with Crippen LogP contribution in [0.1, 0.15) is 30.9 Å². The number of hydrogen-bond acceptors (Lipinski definition) is 0. The van der Waals surface area contributed by atoms with Gasteiger partial charge in [0.25, 0.3) is 0 Å². The number of unbranched alkanes of at least 4 members (excludes halogenated alkanes) is 1. The highest BCUT2D eigenvalue weighted by Gasteiger charge is 1.92. The molecule has 0 amide bonds. The van der Waals surface area contributed by atoms with Crippen molar-refractivity contribution in [1.29, 1.82) is 0 Å². The van der Waals surface area contributed by atoms with Gasteiger partial charge in [-0.15, -0.1) is 0 Å². The minimum absolute atomic E-state index is 1.16. The van der Waals surface area contributed by atoms with Crippen molar-refractivity contribution in [2.24, 2.45) is 0 Å². The van der Waals surface area contributed by atoms with Crippen molar-refractivity contribution in [3.05, 3.63) is 42.0 Å². The summed E-state index contributed by atoms with van der Waals surface area (Å²) in [5.41, 5.74) is 2.54. The number of benzene rings is 1. The monoisotopic (exact) mass is 159 g/mol. The van der Waals surface area contributed by atoms with Crippen LogP contribution in [0, 0.1) is 6.07 Å². The van der Waals surface area contributed by atoms with Crippen LogP contribution in [-0.2, 0) is 6.42 Å². The molecule has 0 aliphatic carbocycles. The largest absolute Gasteiger partial charge is 0.0985 e. The first-order valence-electron chi connectivity index (χ1n) is 4.49. The van der Waals surface area contributed by atoms with Gasteiger partial charge in [-0.3, -0.25) is 0 Å². The maximum atomic E-state index is 3.73. The predicted molar refractivity (Wildman–Crippen MR) is 54.0 cm³/mol. The molecule has 1 aromatic carbocycles. The molecular formula is C12H15. The van der Waals surface area contributed by atoms with Crippen molar-refractivity contribution in [2.75, 3.05) is 0 Å². The molecule has 1 rings (SSSR count). The van der Waals surface area contributed by atoms with Gasteiger partial charge in [0.1, 0.15) is 0 Å². The van der Waals surface area contributed by atoms with Crippen molar-refractivity contribution in [1.82, 2.24) is 0 Å². The van der Waals surface area contributed by atoms with Crippen LogP contribution < -0.4 is 0 Å². The molecule has 0 aliphatic rings. The summed E-state index contributed by atoms with van der Waals surface area (Å²) >= 11 is 0. The summed E-state index contributed by atoms with van der Waals surface area (Å²) in [6, 6.07) is 9.32. The Morgan fingerprint density at radius 2 is 2.33 bits per heavy atom. The Morgan fingerprint density at radius 3 is 3.00 bits per heavy atom. The Morgan fingerprint density at radius 1 is 1.50 bits per heavy atom. The number of rotatable bonds is 4. The normalized spacial score (nSPS) is 9.75. The summed E-state index contributed by atoms with van der Waals surface area (Å²) in [6.07, 6.45) is 5.54. The van der Waals surface area contributed by atoms with E-state index in [1.165, 1.54) is 24.0 Å². The molecule has 0 spiro atoms. The van der Waals surface area contributed by atoms with Gasteiger partial charge < -0.3 is 0 Å². The Labute approximate surface area is 74.9 Å². The summed E-state index contributed by atoms with van der Waals surface area (Å²) in [4.78, 5) is 0. The van der Waals surface area contributed by atoms with E-state index < -0.39 is 0 Å². The highest BCUT2D eigenvalue weighted by molar-refractivity contribution is 5.47. The average molecular weight is 159 g/mol. The van der Waals surface area contributed by atoms with Crippen LogP contribution in [0.4, 0.5) is 0 Å². The zero-order valence-corrected chi connectivity index (χ0v) is 7.64. The van der Waals surface area contributed by atoms with E-state index in [0.717, 1.165) is 6.42 Å². The van der Waals surface area contributed by atoms with Gasteiger partial charge in [0, 0.05) is 0 Å². The maximum Gasteiger partial charge on any atom is -0.0175 e.